The molecule has 0 aliphatic carbocycles. The Hall–Kier alpha value is -3.21. The third kappa shape index (κ3) is 4.35. The van der Waals surface area contributed by atoms with E-state index in [1.165, 1.54) is 6.07 Å². The molecule has 1 heterocycles. The van der Waals surface area contributed by atoms with Gasteiger partial charge in [-0.1, -0.05) is 41.5 Å². The molecule has 5 nitrogen and oxygen atoms in total. The van der Waals surface area contributed by atoms with Gasteiger partial charge in [-0.3, -0.25) is 4.79 Å². The molecule has 1 aliphatic heterocycles. The number of phenolic OH excluding ortho intramolecular Hbond substituents is 3. The number of rotatable bonds is 5. The Morgan fingerprint density at radius 3 is 2.37 bits per heavy atom. The minimum atomic E-state index is -0.705. The van der Waals surface area contributed by atoms with Crippen molar-refractivity contribution in [2.45, 2.75) is 53.1 Å². The highest BCUT2D eigenvalue weighted by Crippen LogP contribution is 2.47. The Balaban J connectivity index is 2.05. The van der Waals surface area contributed by atoms with Crippen molar-refractivity contribution in [1.29, 1.82) is 0 Å². The van der Waals surface area contributed by atoms with Crippen molar-refractivity contribution in [2.24, 2.45) is 0 Å². The second-order valence-corrected chi connectivity index (χ2v) is 8.16. The highest BCUT2D eigenvalue weighted by molar-refractivity contribution is 6.03. The molecule has 5 heteroatoms. The van der Waals surface area contributed by atoms with Crippen molar-refractivity contribution in [2.75, 3.05) is 0 Å². The summed E-state index contributed by atoms with van der Waals surface area (Å²) in [6.07, 6.45) is 4.17. The second-order valence-electron chi connectivity index (χ2n) is 8.16. The predicted molar refractivity (Wildman–Crippen MR) is 116 cm³/mol. The molecule has 0 radical (unpaired) electrons. The highest BCUT2D eigenvalue weighted by Gasteiger charge is 2.34. The van der Waals surface area contributed by atoms with Gasteiger partial charge in [-0.2, -0.15) is 0 Å². The molecule has 0 bridgehead atoms. The number of aromatic hydroxyl groups is 3. The number of ether oxygens (including phenoxy) is 1. The summed E-state index contributed by atoms with van der Waals surface area (Å²) in [5.74, 6) is -0.426. The molecule has 2 aromatic carbocycles. The minimum Gasteiger partial charge on any atom is -0.507 e. The van der Waals surface area contributed by atoms with E-state index >= 15 is 0 Å². The molecule has 0 saturated heterocycles. The SMILES string of the molecule is CC(C)=CCc1cccc(C2CC(=O)c3c(O)cc(O)c(CC=C(C)C)c3O2)c1O. The van der Waals surface area contributed by atoms with Crippen LogP contribution in [0.2, 0.25) is 0 Å². The summed E-state index contributed by atoms with van der Waals surface area (Å²) in [5, 5.41) is 31.5. The molecule has 3 rings (SSSR count). The van der Waals surface area contributed by atoms with Crippen molar-refractivity contribution in [1.82, 2.24) is 0 Å². The van der Waals surface area contributed by atoms with Crippen LogP contribution in [0.5, 0.6) is 23.0 Å². The Morgan fingerprint density at radius 2 is 1.70 bits per heavy atom. The standard InChI is InChI=1S/C25H28O5/c1-14(2)8-10-16-6-5-7-18(24(16)29)22-13-21(28)23-20(27)12-19(26)17(25(23)30-22)11-9-15(3)4/h5-9,12,22,26-27,29H,10-11,13H2,1-4H3. The van der Waals surface area contributed by atoms with Gasteiger partial charge < -0.3 is 20.1 Å². The number of benzene rings is 2. The maximum Gasteiger partial charge on any atom is 0.174 e. The molecular weight excluding hydrogens is 380 g/mol. The summed E-state index contributed by atoms with van der Waals surface area (Å²) in [7, 11) is 0. The summed E-state index contributed by atoms with van der Waals surface area (Å²) in [6, 6.07) is 6.60. The van der Waals surface area contributed by atoms with Crippen LogP contribution in [0.3, 0.4) is 0 Å². The molecule has 3 N–H and O–H groups in total. The molecule has 0 aromatic heterocycles. The number of Topliss-reactive ketones (excluding diaryl/α,β-unsaturated/α-hetero) is 1. The van der Waals surface area contributed by atoms with Crippen LogP contribution in [0.25, 0.3) is 0 Å². The van der Waals surface area contributed by atoms with E-state index in [4.69, 9.17) is 4.74 Å². The minimum absolute atomic E-state index is 0.00687. The van der Waals surface area contributed by atoms with Crippen LogP contribution in [-0.2, 0) is 12.8 Å². The number of ketones is 1. The smallest absolute Gasteiger partial charge is 0.174 e. The van der Waals surface area contributed by atoms with E-state index in [1.807, 2.05) is 52.0 Å². The number of hydrogen-bond donors (Lipinski definition) is 3. The number of phenols is 3. The number of hydrogen-bond acceptors (Lipinski definition) is 5. The summed E-state index contributed by atoms with van der Waals surface area (Å²) in [6.45, 7) is 7.87. The first-order valence-corrected chi connectivity index (χ1v) is 10.0. The van der Waals surface area contributed by atoms with E-state index in [0.717, 1.165) is 16.7 Å². The Kier molecular flexibility index (Phi) is 6.20. The van der Waals surface area contributed by atoms with Gasteiger partial charge in [0.1, 0.15) is 34.7 Å². The molecule has 158 valence electrons. The van der Waals surface area contributed by atoms with Crippen molar-refractivity contribution in [3.05, 3.63) is 69.8 Å². The van der Waals surface area contributed by atoms with Gasteiger partial charge in [-0.15, -0.1) is 0 Å². The lowest BCUT2D eigenvalue weighted by Crippen LogP contribution is -2.22. The van der Waals surface area contributed by atoms with Crippen LogP contribution in [0.1, 0.15) is 67.3 Å². The number of para-hydroxylation sites is 1. The lowest BCUT2D eigenvalue weighted by atomic mass is 9.91. The van der Waals surface area contributed by atoms with Gasteiger partial charge in [0.25, 0.3) is 0 Å². The zero-order valence-corrected chi connectivity index (χ0v) is 17.8. The number of carbonyl (C=O) groups is 1. The Morgan fingerprint density at radius 1 is 1.03 bits per heavy atom. The van der Waals surface area contributed by atoms with E-state index in [0.29, 0.717) is 24.0 Å². The van der Waals surface area contributed by atoms with Gasteiger partial charge in [0.2, 0.25) is 0 Å². The third-order valence-electron chi connectivity index (χ3n) is 5.19. The number of fused-ring (bicyclic) bond motifs is 1. The molecule has 2 aromatic rings. The van der Waals surface area contributed by atoms with Crippen molar-refractivity contribution in [3.63, 3.8) is 0 Å². The molecule has 0 spiro atoms. The quantitative estimate of drug-likeness (QED) is 0.567. The monoisotopic (exact) mass is 408 g/mol. The van der Waals surface area contributed by atoms with Crippen LogP contribution in [0, 0.1) is 0 Å². The Bertz CT molecular complexity index is 1040. The first kappa shape index (κ1) is 21.5. The highest BCUT2D eigenvalue weighted by atomic mass is 16.5. The van der Waals surface area contributed by atoms with Crippen LogP contribution >= 0.6 is 0 Å². The predicted octanol–water partition coefficient (Wildman–Crippen LogP) is 5.53. The maximum atomic E-state index is 12.9. The van der Waals surface area contributed by atoms with Crippen LogP contribution in [0.4, 0.5) is 0 Å². The summed E-state index contributed by atoms with van der Waals surface area (Å²) in [5.41, 5.74) is 4.00. The van der Waals surface area contributed by atoms with Gasteiger partial charge >= 0.3 is 0 Å². The number of carbonyl (C=O) groups excluding carboxylic acids is 1. The largest absolute Gasteiger partial charge is 0.507 e. The molecule has 30 heavy (non-hydrogen) atoms. The van der Waals surface area contributed by atoms with Gasteiger partial charge in [-0.25, -0.2) is 0 Å². The molecule has 1 aliphatic rings. The summed E-state index contributed by atoms with van der Waals surface area (Å²) >= 11 is 0. The lowest BCUT2D eigenvalue weighted by Gasteiger charge is -2.29. The van der Waals surface area contributed by atoms with E-state index in [9.17, 15) is 20.1 Å². The first-order valence-electron chi connectivity index (χ1n) is 10.0. The van der Waals surface area contributed by atoms with E-state index in [1.54, 1.807) is 6.07 Å². The van der Waals surface area contributed by atoms with Crippen molar-refractivity contribution < 1.29 is 24.9 Å². The number of allylic oxidation sites excluding steroid dienone is 4. The molecule has 1 atom stereocenters. The molecule has 0 fully saturated rings. The van der Waals surface area contributed by atoms with Crippen molar-refractivity contribution in [3.8, 4) is 23.0 Å². The summed E-state index contributed by atoms with van der Waals surface area (Å²) in [4.78, 5) is 12.9. The van der Waals surface area contributed by atoms with Crippen LogP contribution in [-0.4, -0.2) is 21.1 Å². The fraction of sp³-hybridized carbons (Fsp3) is 0.320. The lowest BCUT2D eigenvalue weighted by molar-refractivity contribution is 0.0839. The van der Waals surface area contributed by atoms with Gasteiger partial charge in [0.05, 0.1) is 6.42 Å². The van der Waals surface area contributed by atoms with E-state index in [2.05, 4.69) is 0 Å². The van der Waals surface area contributed by atoms with Gasteiger partial charge in [-0.05, 0) is 46.1 Å². The van der Waals surface area contributed by atoms with Crippen molar-refractivity contribution >= 4 is 5.78 Å². The van der Waals surface area contributed by atoms with Crippen LogP contribution < -0.4 is 4.74 Å². The average molecular weight is 408 g/mol. The van der Waals surface area contributed by atoms with Gasteiger partial charge in [0, 0.05) is 17.2 Å². The zero-order chi connectivity index (χ0) is 22.0. The molecular formula is C25H28O5. The topological polar surface area (TPSA) is 87.0 Å². The fourth-order valence-electron chi connectivity index (χ4n) is 3.55. The molecule has 1 unspecified atom stereocenters. The normalized spacial score (nSPS) is 15.2. The molecule has 0 saturated carbocycles. The van der Waals surface area contributed by atoms with Crippen LogP contribution in [0.15, 0.2) is 47.6 Å². The van der Waals surface area contributed by atoms with E-state index < -0.39 is 6.10 Å². The Labute approximate surface area is 177 Å². The average Bonchev–Trinajstić information content (AvgIpc) is 2.65. The van der Waals surface area contributed by atoms with E-state index in [-0.39, 0.29) is 40.8 Å². The maximum absolute atomic E-state index is 12.9. The first-order chi connectivity index (χ1) is 14.2. The second kappa shape index (κ2) is 8.66. The third-order valence-corrected chi connectivity index (χ3v) is 5.19. The summed E-state index contributed by atoms with van der Waals surface area (Å²) < 4.78 is 6.13. The molecule has 0 amide bonds. The fourth-order valence-corrected chi connectivity index (χ4v) is 3.55. The van der Waals surface area contributed by atoms with Gasteiger partial charge in [0.15, 0.2) is 5.78 Å². The zero-order valence-electron chi connectivity index (χ0n) is 17.8.